The lowest BCUT2D eigenvalue weighted by atomic mass is 10.2. The summed E-state index contributed by atoms with van der Waals surface area (Å²) in [6.07, 6.45) is 1.94. The Bertz CT molecular complexity index is 738. The summed E-state index contributed by atoms with van der Waals surface area (Å²) >= 11 is 0. The Kier molecular flexibility index (Phi) is 3.10. The van der Waals surface area contributed by atoms with Crippen molar-refractivity contribution < 1.29 is 18.6 Å². The molecule has 0 saturated heterocycles. The van der Waals surface area contributed by atoms with Crippen molar-refractivity contribution in [1.82, 2.24) is 0 Å². The average molecular weight is 274 g/mol. The van der Waals surface area contributed by atoms with Gasteiger partial charge in [-0.2, -0.15) is 0 Å². The summed E-state index contributed by atoms with van der Waals surface area (Å²) in [5.41, 5.74) is 1.12. The van der Waals surface area contributed by atoms with E-state index in [9.17, 15) is 4.79 Å². The first-order valence-corrected chi connectivity index (χ1v) is 6.27. The summed E-state index contributed by atoms with van der Waals surface area (Å²) in [6, 6.07) is 4.74. The molecule has 0 radical (unpaired) electrons. The molecule has 0 bridgehead atoms. The number of benzene rings is 1. The molecule has 0 unspecified atom stereocenters. The fraction of sp³-hybridized carbons (Fsp3) is 0.267. The molecular weight excluding hydrogens is 260 g/mol. The smallest absolute Gasteiger partial charge is 0.339 e. The van der Waals surface area contributed by atoms with Crippen LogP contribution in [0.15, 0.2) is 39.1 Å². The first-order valence-electron chi connectivity index (χ1n) is 6.27. The van der Waals surface area contributed by atoms with Crippen molar-refractivity contribution in [2.75, 3.05) is 13.4 Å². The van der Waals surface area contributed by atoms with Gasteiger partial charge < -0.3 is 18.6 Å². The Balaban J connectivity index is 2.06. The van der Waals surface area contributed by atoms with Gasteiger partial charge in [-0.05, 0) is 26.0 Å². The number of hydrogen-bond donors (Lipinski definition) is 0. The van der Waals surface area contributed by atoms with Crippen LogP contribution >= 0.6 is 0 Å². The van der Waals surface area contributed by atoms with Crippen LogP contribution in [0.3, 0.4) is 0 Å². The quantitative estimate of drug-likeness (QED) is 0.636. The highest BCUT2D eigenvalue weighted by molar-refractivity contribution is 5.86. The predicted octanol–water partition coefficient (Wildman–Crippen LogP) is 2.87. The molecule has 5 heteroatoms. The van der Waals surface area contributed by atoms with E-state index >= 15 is 0 Å². The number of hydrogen-bond acceptors (Lipinski definition) is 5. The van der Waals surface area contributed by atoms with Crippen LogP contribution in [0.2, 0.25) is 0 Å². The molecule has 1 aromatic carbocycles. The molecule has 5 nitrogen and oxygen atoms in total. The molecule has 20 heavy (non-hydrogen) atoms. The van der Waals surface area contributed by atoms with Crippen LogP contribution in [0, 0.1) is 0 Å². The van der Waals surface area contributed by atoms with E-state index in [0.29, 0.717) is 34.8 Å². The summed E-state index contributed by atoms with van der Waals surface area (Å²) in [4.78, 5) is 11.6. The maximum atomic E-state index is 11.6. The molecule has 0 saturated carbocycles. The zero-order chi connectivity index (χ0) is 14.1. The summed E-state index contributed by atoms with van der Waals surface area (Å²) in [5.74, 6) is 1.67. The van der Waals surface area contributed by atoms with Crippen LogP contribution in [-0.2, 0) is 0 Å². The van der Waals surface area contributed by atoms with Gasteiger partial charge in [-0.15, -0.1) is 0 Å². The van der Waals surface area contributed by atoms with Crippen molar-refractivity contribution >= 4 is 11.0 Å². The van der Waals surface area contributed by atoms with Gasteiger partial charge in [0.1, 0.15) is 17.9 Å². The molecule has 0 aliphatic carbocycles. The minimum Gasteiger partial charge on any atom is -0.488 e. The molecule has 0 atom stereocenters. The zero-order valence-corrected chi connectivity index (χ0v) is 11.3. The standard InChI is InChI=1S/C15H14O5/c1-9(2)3-4-17-11-7-15(16)20-12-6-14-13(5-10(11)12)18-8-19-14/h3,5-7H,4,8H2,1-2H3. The lowest BCUT2D eigenvalue weighted by Gasteiger charge is -2.07. The van der Waals surface area contributed by atoms with Gasteiger partial charge in [0.05, 0.1) is 11.5 Å². The molecule has 104 valence electrons. The molecule has 1 aromatic heterocycles. The first-order chi connectivity index (χ1) is 9.63. The largest absolute Gasteiger partial charge is 0.488 e. The highest BCUT2D eigenvalue weighted by Crippen LogP contribution is 2.38. The van der Waals surface area contributed by atoms with Crippen LogP contribution in [0.1, 0.15) is 13.8 Å². The number of fused-ring (bicyclic) bond motifs is 2. The van der Waals surface area contributed by atoms with Crippen LogP contribution in [0.25, 0.3) is 11.0 Å². The second kappa shape index (κ2) is 4.92. The lowest BCUT2D eigenvalue weighted by molar-refractivity contribution is 0.174. The van der Waals surface area contributed by atoms with Gasteiger partial charge in [-0.1, -0.05) is 5.57 Å². The summed E-state index contributed by atoms with van der Waals surface area (Å²) in [7, 11) is 0. The second-order valence-electron chi connectivity index (χ2n) is 4.72. The van der Waals surface area contributed by atoms with Gasteiger partial charge in [-0.25, -0.2) is 4.79 Å². The van der Waals surface area contributed by atoms with Gasteiger partial charge in [0, 0.05) is 6.07 Å². The number of ether oxygens (including phenoxy) is 3. The fourth-order valence-electron chi connectivity index (χ4n) is 1.94. The monoisotopic (exact) mass is 274 g/mol. The van der Waals surface area contributed by atoms with E-state index in [1.807, 2.05) is 19.9 Å². The third kappa shape index (κ3) is 2.34. The fourth-order valence-corrected chi connectivity index (χ4v) is 1.94. The van der Waals surface area contributed by atoms with E-state index < -0.39 is 5.63 Å². The molecule has 0 fully saturated rings. The Morgan fingerprint density at radius 2 is 2.00 bits per heavy atom. The maximum absolute atomic E-state index is 11.6. The van der Waals surface area contributed by atoms with E-state index in [4.69, 9.17) is 18.6 Å². The first kappa shape index (κ1) is 12.6. The summed E-state index contributed by atoms with van der Waals surface area (Å²) in [5, 5.41) is 0.691. The normalized spacial score (nSPS) is 12.5. The van der Waals surface area contributed by atoms with E-state index in [-0.39, 0.29) is 6.79 Å². The minimum atomic E-state index is -0.455. The number of allylic oxidation sites excluding steroid dienone is 1. The molecule has 2 heterocycles. The SMILES string of the molecule is CC(C)=CCOc1cc(=O)oc2cc3c(cc12)OCO3. The van der Waals surface area contributed by atoms with Gasteiger partial charge in [-0.3, -0.25) is 0 Å². The second-order valence-corrected chi connectivity index (χ2v) is 4.72. The zero-order valence-electron chi connectivity index (χ0n) is 11.3. The van der Waals surface area contributed by atoms with E-state index in [1.165, 1.54) is 6.07 Å². The van der Waals surface area contributed by atoms with Gasteiger partial charge in [0.25, 0.3) is 0 Å². The highest BCUT2D eigenvalue weighted by Gasteiger charge is 2.17. The Morgan fingerprint density at radius 1 is 1.25 bits per heavy atom. The molecule has 1 aliphatic rings. The van der Waals surface area contributed by atoms with Crippen LogP contribution < -0.4 is 19.8 Å². The lowest BCUT2D eigenvalue weighted by Crippen LogP contribution is -2.02. The van der Waals surface area contributed by atoms with Crippen LogP contribution in [-0.4, -0.2) is 13.4 Å². The third-order valence-corrected chi connectivity index (χ3v) is 2.93. The van der Waals surface area contributed by atoms with Crippen molar-refractivity contribution in [3.63, 3.8) is 0 Å². The van der Waals surface area contributed by atoms with E-state index in [0.717, 1.165) is 5.57 Å². The van der Waals surface area contributed by atoms with Crippen molar-refractivity contribution in [3.05, 3.63) is 40.3 Å². The average Bonchev–Trinajstić information content (AvgIpc) is 2.82. The van der Waals surface area contributed by atoms with Crippen molar-refractivity contribution in [1.29, 1.82) is 0 Å². The minimum absolute atomic E-state index is 0.170. The Hall–Kier alpha value is -2.43. The van der Waals surface area contributed by atoms with Crippen molar-refractivity contribution in [3.8, 4) is 17.2 Å². The van der Waals surface area contributed by atoms with Gasteiger partial charge in [0.15, 0.2) is 11.5 Å². The molecule has 2 aromatic rings. The Morgan fingerprint density at radius 3 is 2.75 bits per heavy atom. The van der Waals surface area contributed by atoms with Crippen LogP contribution in [0.5, 0.6) is 17.2 Å². The van der Waals surface area contributed by atoms with Gasteiger partial charge >= 0.3 is 5.63 Å². The summed E-state index contributed by atoms with van der Waals surface area (Å²) < 4.78 is 21.4. The van der Waals surface area contributed by atoms with E-state index in [1.54, 1.807) is 12.1 Å². The molecule has 1 aliphatic heterocycles. The van der Waals surface area contributed by atoms with Crippen LogP contribution in [0.4, 0.5) is 0 Å². The molecule has 0 amide bonds. The maximum Gasteiger partial charge on any atom is 0.339 e. The van der Waals surface area contributed by atoms with Crippen molar-refractivity contribution in [2.24, 2.45) is 0 Å². The third-order valence-electron chi connectivity index (χ3n) is 2.93. The molecule has 3 rings (SSSR count). The highest BCUT2D eigenvalue weighted by atomic mass is 16.7. The molecule has 0 N–H and O–H groups in total. The van der Waals surface area contributed by atoms with Gasteiger partial charge in [0.2, 0.25) is 6.79 Å². The topological polar surface area (TPSA) is 57.9 Å². The predicted molar refractivity (Wildman–Crippen MR) is 73.5 cm³/mol. The Labute approximate surface area is 115 Å². The molecular formula is C15H14O5. The molecule has 0 spiro atoms. The summed E-state index contributed by atoms with van der Waals surface area (Å²) in [6.45, 7) is 4.54. The van der Waals surface area contributed by atoms with E-state index in [2.05, 4.69) is 0 Å². The van der Waals surface area contributed by atoms with Crippen molar-refractivity contribution in [2.45, 2.75) is 13.8 Å². The number of rotatable bonds is 3.